The van der Waals surface area contributed by atoms with Gasteiger partial charge in [0.2, 0.25) is 0 Å². The molecule has 0 bridgehead atoms. The van der Waals surface area contributed by atoms with Gasteiger partial charge in [-0.25, -0.2) is 0 Å². The van der Waals surface area contributed by atoms with E-state index in [1.54, 1.807) is 31.3 Å². The van der Waals surface area contributed by atoms with Crippen LogP contribution in [0.5, 0.6) is 0 Å². The number of hydrogen-bond donors (Lipinski definition) is 2. The summed E-state index contributed by atoms with van der Waals surface area (Å²) in [5.41, 5.74) is 7.64. The van der Waals surface area contributed by atoms with E-state index in [0.29, 0.717) is 11.3 Å². The van der Waals surface area contributed by atoms with Crippen LogP contribution in [0.4, 0.5) is 5.69 Å². The molecule has 1 rings (SSSR count). The fourth-order valence-electron chi connectivity index (χ4n) is 1.23. The Morgan fingerprint density at radius 2 is 2.27 bits per heavy atom. The lowest BCUT2D eigenvalue weighted by Gasteiger charge is -2.06. The molecule has 0 saturated heterocycles. The van der Waals surface area contributed by atoms with Gasteiger partial charge in [0.15, 0.2) is 0 Å². The minimum atomic E-state index is -0.179. The number of benzene rings is 1. The number of amides is 1. The van der Waals surface area contributed by atoms with Gasteiger partial charge in [0.05, 0.1) is 11.3 Å². The summed E-state index contributed by atoms with van der Waals surface area (Å²) in [4.78, 5) is 11.4. The van der Waals surface area contributed by atoms with Crippen molar-refractivity contribution in [2.75, 3.05) is 12.8 Å². The summed E-state index contributed by atoms with van der Waals surface area (Å²) in [6.45, 7) is 3.57. The number of anilines is 1. The van der Waals surface area contributed by atoms with Gasteiger partial charge >= 0.3 is 0 Å². The van der Waals surface area contributed by atoms with Crippen LogP contribution >= 0.6 is 0 Å². The normalized spacial score (nSPS) is 10.2. The van der Waals surface area contributed by atoms with Crippen LogP contribution in [-0.4, -0.2) is 13.0 Å². The molecular weight excluding hydrogens is 188 g/mol. The van der Waals surface area contributed by atoms with Crippen molar-refractivity contribution in [1.82, 2.24) is 5.32 Å². The van der Waals surface area contributed by atoms with Gasteiger partial charge in [-0.2, -0.15) is 0 Å². The summed E-state index contributed by atoms with van der Waals surface area (Å²) in [5, 5.41) is 2.54. The number of rotatable bonds is 3. The van der Waals surface area contributed by atoms with Crippen molar-refractivity contribution in [3.05, 3.63) is 48.1 Å². The zero-order chi connectivity index (χ0) is 11.3. The highest BCUT2D eigenvalue weighted by molar-refractivity contribution is 6.00. The van der Waals surface area contributed by atoms with E-state index in [1.165, 1.54) is 0 Å². The second-order valence-electron chi connectivity index (χ2n) is 2.98. The molecule has 1 aromatic rings. The Morgan fingerprint density at radius 3 is 2.87 bits per heavy atom. The van der Waals surface area contributed by atoms with Gasteiger partial charge in [-0.1, -0.05) is 36.9 Å². The highest BCUT2D eigenvalue weighted by Gasteiger charge is 2.08. The van der Waals surface area contributed by atoms with Crippen LogP contribution in [0.25, 0.3) is 6.08 Å². The average molecular weight is 202 g/mol. The number of nitrogens with two attached hydrogens (primary N) is 1. The molecule has 0 unspecified atom stereocenters. The summed E-state index contributed by atoms with van der Waals surface area (Å²) in [6.07, 6.45) is 5.25. The number of carbonyl (C=O) groups excluding carboxylic acids is 1. The lowest BCUT2D eigenvalue weighted by Crippen LogP contribution is -2.19. The number of carbonyl (C=O) groups is 1. The first-order valence-electron chi connectivity index (χ1n) is 4.60. The smallest absolute Gasteiger partial charge is 0.253 e. The third kappa shape index (κ3) is 2.47. The van der Waals surface area contributed by atoms with E-state index in [4.69, 9.17) is 5.73 Å². The largest absolute Gasteiger partial charge is 0.398 e. The van der Waals surface area contributed by atoms with Crippen molar-refractivity contribution in [3.63, 3.8) is 0 Å². The first-order chi connectivity index (χ1) is 7.20. The van der Waals surface area contributed by atoms with Crippen molar-refractivity contribution in [1.29, 1.82) is 0 Å². The van der Waals surface area contributed by atoms with E-state index < -0.39 is 0 Å². The van der Waals surface area contributed by atoms with Crippen molar-refractivity contribution < 1.29 is 4.79 Å². The second kappa shape index (κ2) is 5.00. The van der Waals surface area contributed by atoms with Crippen LogP contribution in [0.3, 0.4) is 0 Å². The fourth-order valence-corrected chi connectivity index (χ4v) is 1.23. The first kappa shape index (κ1) is 11.0. The van der Waals surface area contributed by atoms with Crippen molar-refractivity contribution in [2.24, 2.45) is 0 Å². The van der Waals surface area contributed by atoms with E-state index in [9.17, 15) is 4.79 Å². The van der Waals surface area contributed by atoms with Crippen LogP contribution in [0.1, 0.15) is 15.9 Å². The minimum Gasteiger partial charge on any atom is -0.398 e. The number of nitrogens with one attached hydrogen (secondary N) is 1. The molecule has 0 saturated carbocycles. The zero-order valence-electron chi connectivity index (χ0n) is 8.66. The summed E-state index contributed by atoms with van der Waals surface area (Å²) in [6, 6.07) is 5.34. The van der Waals surface area contributed by atoms with Gasteiger partial charge in [-0.15, -0.1) is 0 Å². The van der Waals surface area contributed by atoms with E-state index in [0.717, 1.165) is 5.56 Å². The Morgan fingerprint density at radius 1 is 1.53 bits per heavy atom. The molecule has 1 aromatic carbocycles. The summed E-state index contributed by atoms with van der Waals surface area (Å²) in [5.74, 6) is -0.179. The van der Waals surface area contributed by atoms with Gasteiger partial charge in [-0.05, 0) is 11.6 Å². The van der Waals surface area contributed by atoms with E-state index in [2.05, 4.69) is 11.9 Å². The molecule has 1 amide bonds. The van der Waals surface area contributed by atoms with Gasteiger partial charge in [0, 0.05) is 7.05 Å². The molecule has 0 fully saturated rings. The summed E-state index contributed by atoms with van der Waals surface area (Å²) < 4.78 is 0. The molecule has 0 heterocycles. The lowest BCUT2D eigenvalue weighted by atomic mass is 10.1. The van der Waals surface area contributed by atoms with Crippen molar-refractivity contribution >= 4 is 17.7 Å². The maximum atomic E-state index is 11.4. The molecule has 3 N–H and O–H groups in total. The molecule has 0 aliphatic carbocycles. The second-order valence-corrected chi connectivity index (χ2v) is 2.98. The van der Waals surface area contributed by atoms with E-state index in [-0.39, 0.29) is 5.91 Å². The summed E-state index contributed by atoms with van der Waals surface area (Å²) in [7, 11) is 1.58. The third-order valence-electron chi connectivity index (χ3n) is 2.02. The molecule has 3 nitrogen and oxygen atoms in total. The van der Waals surface area contributed by atoms with Gasteiger partial charge in [0.1, 0.15) is 0 Å². The van der Waals surface area contributed by atoms with E-state index in [1.807, 2.05) is 12.1 Å². The average Bonchev–Trinajstić information content (AvgIpc) is 2.27. The predicted octanol–water partition coefficient (Wildman–Crippen LogP) is 1.83. The number of allylic oxidation sites excluding steroid dienone is 2. The molecule has 15 heavy (non-hydrogen) atoms. The third-order valence-corrected chi connectivity index (χ3v) is 2.02. The molecule has 0 aliphatic rings. The number of nitrogen functional groups attached to an aromatic ring is 1. The molecule has 3 heteroatoms. The van der Waals surface area contributed by atoms with Crippen LogP contribution in [0.15, 0.2) is 36.9 Å². The first-order valence-corrected chi connectivity index (χ1v) is 4.60. The fraction of sp³-hybridized carbons (Fsp3) is 0.0833. The van der Waals surface area contributed by atoms with Crippen LogP contribution in [0, 0.1) is 0 Å². The maximum Gasteiger partial charge on any atom is 0.253 e. The Bertz CT molecular complexity index is 408. The minimum absolute atomic E-state index is 0.179. The summed E-state index contributed by atoms with van der Waals surface area (Å²) >= 11 is 0. The van der Waals surface area contributed by atoms with Gasteiger partial charge < -0.3 is 11.1 Å². The van der Waals surface area contributed by atoms with Crippen molar-refractivity contribution in [2.45, 2.75) is 0 Å². The Kier molecular flexibility index (Phi) is 3.68. The molecule has 0 radical (unpaired) electrons. The highest BCUT2D eigenvalue weighted by atomic mass is 16.1. The van der Waals surface area contributed by atoms with Crippen LogP contribution in [0.2, 0.25) is 0 Å². The molecule has 0 aliphatic heterocycles. The quantitative estimate of drug-likeness (QED) is 0.580. The standard InChI is InChI=1S/C12H14N2O/c1-3-4-6-9-7-5-8-10(11(9)13)12(15)14-2/h3-8H,1,13H2,2H3,(H,14,15)/b6-4-. The Balaban J connectivity index is 3.16. The van der Waals surface area contributed by atoms with Crippen LogP contribution < -0.4 is 11.1 Å². The topological polar surface area (TPSA) is 55.1 Å². The number of para-hydroxylation sites is 1. The van der Waals surface area contributed by atoms with E-state index >= 15 is 0 Å². The predicted molar refractivity (Wildman–Crippen MR) is 63.5 cm³/mol. The Hall–Kier alpha value is -2.03. The maximum absolute atomic E-state index is 11.4. The molecule has 0 spiro atoms. The van der Waals surface area contributed by atoms with Crippen LogP contribution in [-0.2, 0) is 0 Å². The molecule has 0 atom stereocenters. The molecular formula is C12H14N2O. The zero-order valence-corrected chi connectivity index (χ0v) is 8.66. The number of hydrogen-bond acceptors (Lipinski definition) is 2. The highest BCUT2D eigenvalue weighted by Crippen LogP contribution is 2.18. The Labute approximate surface area is 89.3 Å². The molecule has 78 valence electrons. The van der Waals surface area contributed by atoms with Gasteiger partial charge in [0.25, 0.3) is 5.91 Å². The monoisotopic (exact) mass is 202 g/mol. The van der Waals surface area contributed by atoms with Crippen molar-refractivity contribution in [3.8, 4) is 0 Å². The van der Waals surface area contributed by atoms with Gasteiger partial charge in [-0.3, -0.25) is 4.79 Å². The molecule has 0 aromatic heterocycles. The SMILES string of the molecule is C=C/C=C\c1cccc(C(=O)NC)c1N. The lowest BCUT2D eigenvalue weighted by molar-refractivity contribution is 0.0964.